The molecule has 1 aromatic carbocycles. The molecule has 122 valence electrons. The highest BCUT2D eigenvalue weighted by Gasteiger charge is 2.17. The van der Waals surface area contributed by atoms with Gasteiger partial charge >= 0.3 is 5.69 Å². The Morgan fingerprint density at radius 3 is 2.79 bits per heavy atom. The van der Waals surface area contributed by atoms with Crippen LogP contribution in [0.1, 0.15) is 25.8 Å². The molecule has 0 amide bonds. The fraction of sp³-hybridized carbons (Fsp3) is 0.235. The Morgan fingerprint density at radius 1 is 1.21 bits per heavy atom. The minimum atomic E-state index is -0.424. The van der Waals surface area contributed by atoms with E-state index in [-0.39, 0.29) is 11.6 Å². The summed E-state index contributed by atoms with van der Waals surface area (Å²) in [7, 11) is 0. The summed E-state index contributed by atoms with van der Waals surface area (Å²) in [5.74, 6) is 0.329. The Bertz CT molecular complexity index is 1130. The average molecular weight is 323 g/mol. The lowest BCUT2D eigenvalue weighted by molar-refractivity contribution is 0.580. The number of H-pyrrole nitrogens is 2. The largest absolute Gasteiger partial charge is 0.382 e. The zero-order valence-corrected chi connectivity index (χ0v) is 13.2. The zero-order valence-electron chi connectivity index (χ0n) is 13.2. The quantitative estimate of drug-likeness (QED) is 0.670. The first kappa shape index (κ1) is 14.5. The van der Waals surface area contributed by atoms with Crippen LogP contribution in [-0.4, -0.2) is 19.7 Å². The number of nitrogens with one attached hydrogen (secondary N) is 2. The molecule has 0 bridgehead atoms. The number of benzene rings is 1. The van der Waals surface area contributed by atoms with Gasteiger partial charge in [0.2, 0.25) is 0 Å². The van der Waals surface area contributed by atoms with E-state index in [4.69, 9.17) is 5.73 Å². The summed E-state index contributed by atoms with van der Waals surface area (Å²) in [5, 5.41) is 7.81. The van der Waals surface area contributed by atoms with E-state index in [1.807, 2.05) is 13.0 Å². The van der Waals surface area contributed by atoms with Gasteiger partial charge in [-0.15, -0.1) is 0 Å². The first-order valence-electron chi connectivity index (χ1n) is 7.85. The van der Waals surface area contributed by atoms with Gasteiger partial charge in [-0.2, -0.15) is 5.10 Å². The lowest BCUT2D eigenvalue weighted by Crippen LogP contribution is -2.37. The second-order valence-electron chi connectivity index (χ2n) is 6.02. The topological polar surface area (TPSA) is 110 Å². The maximum Gasteiger partial charge on any atom is 0.329 e. The van der Waals surface area contributed by atoms with Crippen LogP contribution in [0.15, 0.2) is 45.5 Å². The van der Waals surface area contributed by atoms with Crippen LogP contribution in [0.2, 0.25) is 0 Å². The maximum atomic E-state index is 12.9. The Labute approximate surface area is 136 Å². The number of allylic oxidation sites excluding steroid dienone is 4. The molecule has 0 aliphatic heterocycles. The monoisotopic (exact) mass is 323 g/mol. The summed E-state index contributed by atoms with van der Waals surface area (Å²) >= 11 is 0. The number of fused-ring (bicyclic) bond motifs is 2. The van der Waals surface area contributed by atoms with Crippen molar-refractivity contribution < 1.29 is 0 Å². The molecule has 7 nitrogen and oxygen atoms in total. The van der Waals surface area contributed by atoms with Gasteiger partial charge in [0.05, 0.1) is 22.5 Å². The minimum Gasteiger partial charge on any atom is -0.382 e. The number of nitrogens with zero attached hydrogens (tertiary/aromatic N) is 2. The van der Waals surface area contributed by atoms with Gasteiger partial charge in [0.1, 0.15) is 0 Å². The number of hydrogen-bond donors (Lipinski definition) is 3. The van der Waals surface area contributed by atoms with Crippen LogP contribution < -0.4 is 17.0 Å². The molecule has 0 saturated heterocycles. The van der Waals surface area contributed by atoms with E-state index in [1.165, 1.54) is 4.57 Å². The van der Waals surface area contributed by atoms with Crippen molar-refractivity contribution in [2.75, 3.05) is 5.73 Å². The first-order valence-corrected chi connectivity index (χ1v) is 7.85. The molecule has 24 heavy (non-hydrogen) atoms. The Hall–Kier alpha value is -3.09. The van der Waals surface area contributed by atoms with Gasteiger partial charge < -0.3 is 10.7 Å². The van der Waals surface area contributed by atoms with Gasteiger partial charge in [0, 0.05) is 5.39 Å². The van der Waals surface area contributed by atoms with Crippen molar-refractivity contribution in [3.63, 3.8) is 0 Å². The third-order valence-corrected chi connectivity index (χ3v) is 4.53. The first-order chi connectivity index (χ1) is 11.6. The number of aromatic nitrogens is 4. The Kier molecular flexibility index (Phi) is 3.16. The van der Waals surface area contributed by atoms with E-state index < -0.39 is 5.69 Å². The van der Waals surface area contributed by atoms with Crippen LogP contribution in [0.3, 0.4) is 0 Å². The summed E-state index contributed by atoms with van der Waals surface area (Å²) in [6.45, 7) is 1.86. The molecule has 3 aromatic rings. The molecular formula is C17H17N5O2. The van der Waals surface area contributed by atoms with Crippen LogP contribution in [0, 0.1) is 0 Å². The van der Waals surface area contributed by atoms with Gasteiger partial charge in [-0.05, 0) is 37.5 Å². The summed E-state index contributed by atoms with van der Waals surface area (Å²) in [6, 6.07) is 3.03. The van der Waals surface area contributed by atoms with Crippen LogP contribution in [0.5, 0.6) is 0 Å². The van der Waals surface area contributed by atoms with Gasteiger partial charge in [-0.25, -0.2) is 4.79 Å². The molecule has 1 atom stereocenters. The van der Waals surface area contributed by atoms with E-state index in [0.717, 1.165) is 18.4 Å². The number of nitrogens with two attached hydrogens (primary N) is 1. The molecule has 0 saturated carbocycles. The van der Waals surface area contributed by atoms with Crippen molar-refractivity contribution in [3.05, 3.63) is 56.8 Å². The highest BCUT2D eigenvalue weighted by atomic mass is 16.2. The van der Waals surface area contributed by atoms with E-state index in [1.54, 1.807) is 12.1 Å². The molecule has 4 N–H and O–H groups in total. The SMILES string of the molecule is CC(C1=CCCC=C1)n1c(=O)[nH]c2cc3[nH]nc(N)c3cc2c1=O. The van der Waals surface area contributed by atoms with Crippen molar-refractivity contribution in [2.45, 2.75) is 25.8 Å². The van der Waals surface area contributed by atoms with Crippen molar-refractivity contribution >= 4 is 27.6 Å². The molecule has 4 rings (SSSR count). The van der Waals surface area contributed by atoms with Gasteiger partial charge in [0.25, 0.3) is 5.56 Å². The van der Waals surface area contributed by atoms with Crippen molar-refractivity contribution in [1.82, 2.24) is 19.7 Å². The number of nitrogen functional groups attached to an aromatic ring is 1. The molecule has 7 heteroatoms. The van der Waals surface area contributed by atoms with Crippen LogP contribution in [-0.2, 0) is 0 Å². The second-order valence-corrected chi connectivity index (χ2v) is 6.02. The molecule has 2 heterocycles. The fourth-order valence-electron chi connectivity index (χ4n) is 3.21. The molecule has 1 aliphatic rings. The Balaban J connectivity index is 1.99. The Morgan fingerprint density at radius 2 is 2.04 bits per heavy atom. The predicted molar refractivity (Wildman–Crippen MR) is 94.1 cm³/mol. The molecule has 1 aliphatic carbocycles. The van der Waals surface area contributed by atoms with E-state index >= 15 is 0 Å². The van der Waals surface area contributed by atoms with Gasteiger partial charge in [-0.1, -0.05) is 18.2 Å². The van der Waals surface area contributed by atoms with Gasteiger partial charge in [-0.3, -0.25) is 14.5 Å². The predicted octanol–water partition coefficient (Wildman–Crippen LogP) is 1.99. The van der Waals surface area contributed by atoms with Crippen LogP contribution >= 0.6 is 0 Å². The number of anilines is 1. The number of hydrogen-bond acceptors (Lipinski definition) is 4. The maximum absolute atomic E-state index is 12.9. The second kappa shape index (κ2) is 5.23. The standard InChI is InChI=1S/C17H17N5O2/c1-9(10-5-3-2-4-6-10)22-16(23)12-7-11-14(20-21-15(11)18)8-13(12)19-17(22)24/h3,5-9H,2,4H2,1H3,(H,19,24)(H3,18,20,21). The zero-order chi connectivity index (χ0) is 16.8. The number of aromatic amines is 2. The smallest absolute Gasteiger partial charge is 0.329 e. The molecular weight excluding hydrogens is 306 g/mol. The van der Waals surface area contributed by atoms with Crippen molar-refractivity contribution in [3.8, 4) is 0 Å². The summed E-state index contributed by atoms with van der Waals surface area (Å²) in [5.41, 5.74) is 7.19. The molecule has 2 aromatic heterocycles. The van der Waals surface area contributed by atoms with E-state index in [0.29, 0.717) is 27.6 Å². The molecule has 0 radical (unpaired) electrons. The lowest BCUT2D eigenvalue weighted by atomic mass is 10.0. The van der Waals surface area contributed by atoms with Crippen LogP contribution in [0.25, 0.3) is 21.8 Å². The third-order valence-electron chi connectivity index (χ3n) is 4.53. The van der Waals surface area contributed by atoms with Crippen molar-refractivity contribution in [2.24, 2.45) is 0 Å². The number of rotatable bonds is 2. The summed E-state index contributed by atoms with van der Waals surface area (Å²) in [6.07, 6.45) is 8.00. The van der Waals surface area contributed by atoms with E-state index in [2.05, 4.69) is 27.3 Å². The highest BCUT2D eigenvalue weighted by Crippen LogP contribution is 2.23. The van der Waals surface area contributed by atoms with E-state index in [9.17, 15) is 9.59 Å². The van der Waals surface area contributed by atoms with Crippen molar-refractivity contribution in [1.29, 1.82) is 0 Å². The minimum absolute atomic E-state index is 0.329. The highest BCUT2D eigenvalue weighted by molar-refractivity contribution is 5.99. The molecule has 0 spiro atoms. The molecule has 1 unspecified atom stereocenters. The fourth-order valence-corrected chi connectivity index (χ4v) is 3.21. The average Bonchev–Trinajstić information content (AvgIpc) is 2.94. The summed E-state index contributed by atoms with van der Waals surface area (Å²) < 4.78 is 1.26. The van der Waals surface area contributed by atoms with Gasteiger partial charge in [0.15, 0.2) is 5.82 Å². The molecule has 0 fully saturated rings. The summed E-state index contributed by atoms with van der Waals surface area (Å²) in [4.78, 5) is 28.2. The lowest BCUT2D eigenvalue weighted by Gasteiger charge is -2.18. The van der Waals surface area contributed by atoms with Crippen LogP contribution in [0.4, 0.5) is 5.82 Å². The third kappa shape index (κ3) is 2.09. The normalized spacial score (nSPS) is 15.8.